The van der Waals surface area contributed by atoms with Gasteiger partial charge in [-0.1, -0.05) is 6.07 Å². The van der Waals surface area contributed by atoms with Gasteiger partial charge in [-0.2, -0.15) is 0 Å². The molecule has 0 atom stereocenters. The Morgan fingerprint density at radius 3 is 2.03 bits per heavy atom. The lowest BCUT2D eigenvalue weighted by atomic mass is 10.0. The Morgan fingerprint density at radius 2 is 1.53 bits per heavy atom. The lowest BCUT2D eigenvalue weighted by molar-refractivity contribution is 0.0698. The number of benzene rings is 2. The van der Waals surface area contributed by atoms with E-state index in [-0.39, 0.29) is 17.9 Å². The molecule has 160 valence electrons. The molecule has 0 unspecified atom stereocenters. The van der Waals surface area contributed by atoms with Crippen LogP contribution in [0.2, 0.25) is 0 Å². The van der Waals surface area contributed by atoms with Crippen molar-refractivity contribution in [3.8, 4) is 11.5 Å². The highest BCUT2D eigenvalue weighted by Crippen LogP contribution is 2.28. The van der Waals surface area contributed by atoms with Crippen LogP contribution in [-0.4, -0.2) is 64.2 Å². The standard InChI is InChI=1S/C23H29N3O4/c1-25(2)18-10-8-16(9-11-18)23(28)26-14-12-17(13-15-26)24-22(27)21-19(29-3)6-5-7-20(21)30-4/h5-11,17H,12-15H2,1-4H3,(H,24,27). The zero-order chi connectivity index (χ0) is 21.7. The summed E-state index contributed by atoms with van der Waals surface area (Å²) in [7, 11) is 6.99. The SMILES string of the molecule is COc1cccc(OC)c1C(=O)NC1CCN(C(=O)c2ccc(N(C)C)cc2)CC1. The maximum Gasteiger partial charge on any atom is 0.259 e. The van der Waals surface area contributed by atoms with Crippen molar-refractivity contribution in [2.45, 2.75) is 18.9 Å². The molecule has 2 aromatic rings. The van der Waals surface area contributed by atoms with Crippen LogP contribution in [0.5, 0.6) is 11.5 Å². The fourth-order valence-corrected chi connectivity index (χ4v) is 3.64. The molecule has 0 saturated carbocycles. The zero-order valence-corrected chi connectivity index (χ0v) is 18.0. The molecule has 0 spiro atoms. The minimum Gasteiger partial charge on any atom is -0.496 e. The van der Waals surface area contributed by atoms with Crippen LogP contribution < -0.4 is 19.7 Å². The number of likely N-dealkylation sites (tertiary alicyclic amines) is 1. The van der Waals surface area contributed by atoms with Gasteiger partial charge in [-0.05, 0) is 49.2 Å². The average Bonchev–Trinajstić information content (AvgIpc) is 2.78. The number of piperidine rings is 1. The maximum absolute atomic E-state index is 12.8. The van der Waals surface area contributed by atoms with Crippen LogP contribution in [0.1, 0.15) is 33.6 Å². The molecule has 1 heterocycles. The van der Waals surface area contributed by atoms with E-state index in [4.69, 9.17) is 9.47 Å². The Balaban J connectivity index is 1.59. The summed E-state index contributed by atoms with van der Waals surface area (Å²) >= 11 is 0. The summed E-state index contributed by atoms with van der Waals surface area (Å²) in [6.07, 6.45) is 1.40. The monoisotopic (exact) mass is 411 g/mol. The molecule has 1 aliphatic rings. The Labute approximate surface area is 177 Å². The van der Waals surface area contributed by atoms with Gasteiger partial charge in [-0.25, -0.2) is 0 Å². The third kappa shape index (κ3) is 4.67. The summed E-state index contributed by atoms with van der Waals surface area (Å²) in [5, 5.41) is 3.06. The molecule has 0 bridgehead atoms. The topological polar surface area (TPSA) is 71.1 Å². The van der Waals surface area contributed by atoms with Crippen LogP contribution >= 0.6 is 0 Å². The van der Waals surface area contributed by atoms with Crippen LogP contribution in [0.15, 0.2) is 42.5 Å². The Morgan fingerprint density at radius 1 is 0.967 bits per heavy atom. The van der Waals surface area contributed by atoms with Crippen LogP contribution in [0.4, 0.5) is 5.69 Å². The van der Waals surface area contributed by atoms with E-state index >= 15 is 0 Å². The molecule has 1 saturated heterocycles. The number of methoxy groups -OCH3 is 2. The van der Waals surface area contributed by atoms with Gasteiger partial charge >= 0.3 is 0 Å². The number of carbonyl (C=O) groups excluding carboxylic acids is 2. The predicted molar refractivity (Wildman–Crippen MR) is 117 cm³/mol. The quantitative estimate of drug-likeness (QED) is 0.792. The van der Waals surface area contributed by atoms with E-state index in [1.807, 2.05) is 48.2 Å². The van der Waals surface area contributed by atoms with Gasteiger partial charge < -0.3 is 24.6 Å². The summed E-state index contributed by atoms with van der Waals surface area (Å²) in [5.41, 5.74) is 2.13. The largest absolute Gasteiger partial charge is 0.496 e. The van der Waals surface area contributed by atoms with Crippen molar-refractivity contribution >= 4 is 17.5 Å². The molecule has 2 amide bonds. The number of hydrogen-bond acceptors (Lipinski definition) is 5. The van der Waals surface area contributed by atoms with E-state index < -0.39 is 0 Å². The highest BCUT2D eigenvalue weighted by atomic mass is 16.5. The lowest BCUT2D eigenvalue weighted by Gasteiger charge is -2.32. The molecule has 7 nitrogen and oxygen atoms in total. The maximum atomic E-state index is 12.8. The van der Waals surface area contributed by atoms with Crippen molar-refractivity contribution < 1.29 is 19.1 Å². The second kappa shape index (κ2) is 9.52. The average molecular weight is 412 g/mol. The van der Waals surface area contributed by atoms with E-state index in [1.54, 1.807) is 18.2 Å². The van der Waals surface area contributed by atoms with Crippen molar-refractivity contribution in [3.63, 3.8) is 0 Å². The molecule has 0 aromatic heterocycles. The molecular formula is C23H29N3O4. The fourth-order valence-electron chi connectivity index (χ4n) is 3.64. The molecule has 30 heavy (non-hydrogen) atoms. The Hall–Kier alpha value is -3.22. The number of ether oxygens (including phenoxy) is 2. The molecule has 1 N–H and O–H groups in total. The van der Waals surface area contributed by atoms with Gasteiger partial charge in [0, 0.05) is 44.5 Å². The minimum absolute atomic E-state index is 0.00714. The van der Waals surface area contributed by atoms with Gasteiger partial charge in [0.2, 0.25) is 0 Å². The van der Waals surface area contributed by atoms with Gasteiger partial charge in [-0.3, -0.25) is 9.59 Å². The fraction of sp³-hybridized carbons (Fsp3) is 0.391. The molecule has 0 radical (unpaired) electrons. The molecule has 1 fully saturated rings. The van der Waals surface area contributed by atoms with Gasteiger partial charge in [0.15, 0.2) is 0 Å². The first-order valence-corrected chi connectivity index (χ1v) is 10.0. The summed E-state index contributed by atoms with van der Waals surface area (Å²) in [4.78, 5) is 29.5. The molecular weight excluding hydrogens is 382 g/mol. The van der Waals surface area contributed by atoms with Gasteiger partial charge in [0.1, 0.15) is 17.1 Å². The van der Waals surface area contributed by atoms with Gasteiger partial charge in [0.25, 0.3) is 11.8 Å². The molecule has 7 heteroatoms. The minimum atomic E-state index is -0.228. The number of rotatable bonds is 6. The summed E-state index contributed by atoms with van der Waals surface area (Å²) in [5.74, 6) is 0.742. The first kappa shape index (κ1) is 21.5. The van der Waals surface area contributed by atoms with Crippen LogP contribution in [0, 0.1) is 0 Å². The van der Waals surface area contributed by atoms with E-state index in [2.05, 4.69) is 5.32 Å². The summed E-state index contributed by atoms with van der Waals surface area (Å²) in [6, 6.07) is 12.9. The Kier molecular flexibility index (Phi) is 6.82. The number of nitrogens with one attached hydrogen (secondary N) is 1. The lowest BCUT2D eigenvalue weighted by Crippen LogP contribution is -2.46. The number of hydrogen-bond donors (Lipinski definition) is 1. The molecule has 1 aliphatic heterocycles. The van der Waals surface area contributed by atoms with Crippen molar-refractivity contribution in [1.29, 1.82) is 0 Å². The summed E-state index contributed by atoms with van der Waals surface area (Å²) in [6.45, 7) is 1.20. The van der Waals surface area contributed by atoms with Crippen LogP contribution in [0.25, 0.3) is 0 Å². The van der Waals surface area contributed by atoms with Crippen molar-refractivity contribution in [2.24, 2.45) is 0 Å². The highest BCUT2D eigenvalue weighted by molar-refractivity contribution is 6.00. The highest BCUT2D eigenvalue weighted by Gasteiger charge is 2.27. The number of nitrogens with zero attached hydrogens (tertiary/aromatic N) is 2. The van der Waals surface area contributed by atoms with Crippen molar-refractivity contribution in [2.75, 3.05) is 46.3 Å². The number of anilines is 1. The van der Waals surface area contributed by atoms with Crippen molar-refractivity contribution in [3.05, 3.63) is 53.6 Å². The zero-order valence-electron chi connectivity index (χ0n) is 18.0. The van der Waals surface area contributed by atoms with E-state index in [0.29, 0.717) is 48.6 Å². The number of carbonyl (C=O) groups is 2. The van der Waals surface area contributed by atoms with E-state index in [1.165, 1.54) is 14.2 Å². The van der Waals surface area contributed by atoms with E-state index in [0.717, 1.165) is 5.69 Å². The second-order valence-electron chi connectivity index (χ2n) is 7.52. The smallest absolute Gasteiger partial charge is 0.259 e. The Bertz CT molecular complexity index is 866. The second-order valence-corrected chi connectivity index (χ2v) is 7.52. The number of amides is 2. The van der Waals surface area contributed by atoms with Crippen molar-refractivity contribution in [1.82, 2.24) is 10.2 Å². The van der Waals surface area contributed by atoms with Crippen LogP contribution in [-0.2, 0) is 0 Å². The van der Waals surface area contributed by atoms with Gasteiger partial charge in [0.05, 0.1) is 14.2 Å². The van der Waals surface area contributed by atoms with Gasteiger partial charge in [-0.15, -0.1) is 0 Å². The first-order chi connectivity index (χ1) is 14.4. The molecule has 2 aromatic carbocycles. The third-order valence-corrected chi connectivity index (χ3v) is 5.40. The first-order valence-electron chi connectivity index (χ1n) is 10.0. The molecule has 0 aliphatic carbocycles. The molecule has 3 rings (SSSR count). The van der Waals surface area contributed by atoms with E-state index in [9.17, 15) is 9.59 Å². The summed E-state index contributed by atoms with van der Waals surface area (Å²) < 4.78 is 10.6. The third-order valence-electron chi connectivity index (χ3n) is 5.40. The predicted octanol–water partition coefficient (Wildman–Crippen LogP) is 2.80. The van der Waals surface area contributed by atoms with Crippen LogP contribution in [0.3, 0.4) is 0 Å². The normalized spacial score (nSPS) is 14.2.